The van der Waals surface area contributed by atoms with Crippen molar-refractivity contribution in [3.05, 3.63) is 11.7 Å². The first-order chi connectivity index (χ1) is 11.1. The van der Waals surface area contributed by atoms with E-state index in [1.807, 2.05) is 18.7 Å². The molecule has 2 unspecified atom stereocenters. The van der Waals surface area contributed by atoms with Gasteiger partial charge in [-0.25, -0.2) is 0 Å². The summed E-state index contributed by atoms with van der Waals surface area (Å²) in [4.78, 5) is 19.5. The lowest BCUT2D eigenvalue weighted by Gasteiger charge is -2.31. The number of hydrogen-bond acceptors (Lipinski definition) is 5. The molecule has 1 amide bonds. The minimum absolute atomic E-state index is 0.0855. The summed E-state index contributed by atoms with van der Waals surface area (Å²) in [7, 11) is 1.64. The van der Waals surface area contributed by atoms with Crippen LogP contribution in [0, 0.1) is 5.92 Å². The van der Waals surface area contributed by atoms with Crippen LogP contribution >= 0.6 is 0 Å². The molecular weight excluding hydrogens is 294 g/mol. The summed E-state index contributed by atoms with van der Waals surface area (Å²) in [5, 5.41) is 4.16. The predicted molar refractivity (Wildman–Crippen MR) is 84.8 cm³/mol. The zero-order valence-electron chi connectivity index (χ0n) is 14.3. The minimum atomic E-state index is -0.313. The van der Waals surface area contributed by atoms with Gasteiger partial charge in [0.05, 0.1) is 6.04 Å². The molecule has 0 radical (unpaired) electrons. The second-order valence-electron chi connectivity index (χ2n) is 7.04. The van der Waals surface area contributed by atoms with Crippen LogP contribution in [-0.2, 0) is 9.53 Å². The van der Waals surface area contributed by atoms with Crippen LogP contribution in [0.5, 0.6) is 0 Å². The van der Waals surface area contributed by atoms with E-state index < -0.39 is 0 Å². The molecule has 2 heterocycles. The topological polar surface area (TPSA) is 68.5 Å². The molecule has 0 spiro atoms. The SMILES string of the molecule is COC(C(=O)N1CCCCCC1c1noc(C(C)C)n1)C1CC1. The van der Waals surface area contributed by atoms with Crippen molar-refractivity contribution in [3.8, 4) is 0 Å². The Bertz CT molecular complexity index is 539. The van der Waals surface area contributed by atoms with Crippen LogP contribution in [0.3, 0.4) is 0 Å². The van der Waals surface area contributed by atoms with Crippen molar-refractivity contribution in [2.24, 2.45) is 5.92 Å². The number of methoxy groups -OCH3 is 1. The van der Waals surface area contributed by atoms with Gasteiger partial charge in [0.1, 0.15) is 6.10 Å². The molecular formula is C17H27N3O3. The second-order valence-corrected chi connectivity index (χ2v) is 7.04. The van der Waals surface area contributed by atoms with Gasteiger partial charge in [-0.2, -0.15) is 4.98 Å². The van der Waals surface area contributed by atoms with Crippen LogP contribution in [0.4, 0.5) is 0 Å². The van der Waals surface area contributed by atoms with Crippen molar-refractivity contribution >= 4 is 5.91 Å². The molecule has 1 aliphatic heterocycles. The monoisotopic (exact) mass is 321 g/mol. The molecule has 23 heavy (non-hydrogen) atoms. The molecule has 2 fully saturated rings. The summed E-state index contributed by atoms with van der Waals surface area (Å²) < 4.78 is 10.9. The number of rotatable bonds is 5. The minimum Gasteiger partial charge on any atom is -0.371 e. The molecule has 1 aromatic rings. The van der Waals surface area contributed by atoms with Crippen molar-refractivity contribution in [2.45, 2.75) is 70.4 Å². The molecule has 0 bridgehead atoms. The van der Waals surface area contributed by atoms with Crippen molar-refractivity contribution in [2.75, 3.05) is 13.7 Å². The van der Waals surface area contributed by atoms with Gasteiger partial charge in [-0.05, 0) is 31.6 Å². The number of carbonyl (C=O) groups is 1. The van der Waals surface area contributed by atoms with E-state index in [0.717, 1.165) is 45.1 Å². The molecule has 1 saturated heterocycles. The van der Waals surface area contributed by atoms with Gasteiger partial charge in [-0.1, -0.05) is 31.8 Å². The third-order valence-electron chi connectivity index (χ3n) is 4.83. The van der Waals surface area contributed by atoms with Crippen molar-refractivity contribution in [1.82, 2.24) is 15.0 Å². The zero-order chi connectivity index (χ0) is 16.4. The number of ether oxygens (including phenoxy) is 1. The average Bonchev–Trinajstić information content (AvgIpc) is 3.29. The van der Waals surface area contributed by atoms with Crippen molar-refractivity contribution in [3.63, 3.8) is 0 Å². The summed E-state index contributed by atoms with van der Waals surface area (Å²) in [5.74, 6) is 1.96. The highest BCUT2D eigenvalue weighted by Crippen LogP contribution is 2.37. The quantitative estimate of drug-likeness (QED) is 0.833. The summed E-state index contributed by atoms with van der Waals surface area (Å²) in [6.07, 6.45) is 6.00. The third kappa shape index (κ3) is 3.57. The maximum atomic E-state index is 13.0. The number of amides is 1. The lowest BCUT2D eigenvalue weighted by Crippen LogP contribution is -2.43. The maximum absolute atomic E-state index is 13.0. The van der Waals surface area contributed by atoms with Gasteiger partial charge in [0.25, 0.3) is 5.91 Å². The largest absolute Gasteiger partial charge is 0.371 e. The van der Waals surface area contributed by atoms with Crippen LogP contribution in [0.15, 0.2) is 4.52 Å². The third-order valence-corrected chi connectivity index (χ3v) is 4.83. The highest BCUT2D eigenvalue weighted by atomic mass is 16.5. The molecule has 0 N–H and O–H groups in total. The van der Waals surface area contributed by atoms with Gasteiger partial charge in [0.15, 0.2) is 5.82 Å². The predicted octanol–water partition coefficient (Wildman–Crippen LogP) is 3.06. The molecule has 2 atom stereocenters. The van der Waals surface area contributed by atoms with Gasteiger partial charge < -0.3 is 14.2 Å². The smallest absolute Gasteiger partial charge is 0.252 e. The normalized spacial score (nSPS) is 23.8. The van der Waals surface area contributed by atoms with Crippen LogP contribution < -0.4 is 0 Å². The van der Waals surface area contributed by atoms with E-state index in [-0.39, 0.29) is 24.0 Å². The van der Waals surface area contributed by atoms with Crippen molar-refractivity contribution in [1.29, 1.82) is 0 Å². The molecule has 1 saturated carbocycles. The summed E-state index contributed by atoms with van der Waals surface area (Å²) in [5.41, 5.74) is 0. The Kier molecular flexibility index (Phi) is 4.99. The zero-order valence-corrected chi connectivity index (χ0v) is 14.3. The van der Waals surface area contributed by atoms with E-state index in [4.69, 9.17) is 9.26 Å². The number of hydrogen-bond donors (Lipinski definition) is 0. The highest BCUT2D eigenvalue weighted by Gasteiger charge is 2.41. The Labute approximate surface area is 137 Å². The number of aromatic nitrogens is 2. The Morgan fingerprint density at radius 1 is 1.26 bits per heavy atom. The molecule has 1 aliphatic carbocycles. The molecule has 1 aromatic heterocycles. The van der Waals surface area contributed by atoms with E-state index in [1.54, 1.807) is 7.11 Å². The van der Waals surface area contributed by atoms with Gasteiger partial charge >= 0.3 is 0 Å². The van der Waals surface area contributed by atoms with E-state index in [9.17, 15) is 4.79 Å². The standard InChI is InChI=1S/C17H27N3O3/c1-11(2)16-18-15(19-23-16)13-7-5-4-6-10-20(13)17(21)14(22-3)12-8-9-12/h11-14H,4-10H2,1-3H3. The average molecular weight is 321 g/mol. The molecule has 6 heteroatoms. The van der Waals surface area contributed by atoms with Crippen LogP contribution in [-0.4, -0.2) is 40.7 Å². The summed E-state index contributed by atoms with van der Waals surface area (Å²) in [6, 6.07) is -0.0855. The highest BCUT2D eigenvalue weighted by molar-refractivity contribution is 5.82. The van der Waals surface area contributed by atoms with Crippen LogP contribution in [0.25, 0.3) is 0 Å². The fourth-order valence-corrected chi connectivity index (χ4v) is 3.31. The summed E-state index contributed by atoms with van der Waals surface area (Å²) in [6.45, 7) is 4.81. The van der Waals surface area contributed by atoms with Crippen LogP contribution in [0.1, 0.15) is 76.0 Å². The maximum Gasteiger partial charge on any atom is 0.252 e. The fraction of sp³-hybridized carbons (Fsp3) is 0.824. The molecule has 128 valence electrons. The lowest BCUT2D eigenvalue weighted by molar-refractivity contribution is -0.146. The van der Waals surface area contributed by atoms with Gasteiger partial charge in [0, 0.05) is 19.6 Å². The number of carbonyl (C=O) groups excluding carboxylic acids is 1. The molecule has 3 rings (SSSR count). The number of likely N-dealkylation sites (tertiary alicyclic amines) is 1. The van der Waals surface area contributed by atoms with E-state index in [1.165, 1.54) is 0 Å². The van der Waals surface area contributed by atoms with E-state index in [2.05, 4.69) is 10.1 Å². The lowest BCUT2D eigenvalue weighted by atomic mass is 10.1. The first kappa shape index (κ1) is 16.4. The van der Waals surface area contributed by atoms with E-state index >= 15 is 0 Å². The first-order valence-corrected chi connectivity index (χ1v) is 8.78. The van der Waals surface area contributed by atoms with Gasteiger partial charge in [-0.15, -0.1) is 0 Å². The number of nitrogens with zero attached hydrogens (tertiary/aromatic N) is 3. The Morgan fingerprint density at radius 3 is 2.65 bits per heavy atom. The van der Waals surface area contributed by atoms with Crippen LogP contribution in [0.2, 0.25) is 0 Å². The summed E-state index contributed by atoms with van der Waals surface area (Å²) >= 11 is 0. The fourth-order valence-electron chi connectivity index (χ4n) is 3.31. The molecule has 6 nitrogen and oxygen atoms in total. The first-order valence-electron chi connectivity index (χ1n) is 8.78. The Morgan fingerprint density at radius 2 is 2.04 bits per heavy atom. The van der Waals surface area contributed by atoms with Crippen molar-refractivity contribution < 1.29 is 14.1 Å². The molecule has 0 aromatic carbocycles. The van der Waals surface area contributed by atoms with Gasteiger partial charge in [0.2, 0.25) is 5.89 Å². The molecule has 2 aliphatic rings. The van der Waals surface area contributed by atoms with Gasteiger partial charge in [-0.3, -0.25) is 4.79 Å². The van der Waals surface area contributed by atoms with E-state index in [0.29, 0.717) is 17.6 Å². The Balaban J connectivity index is 1.82. The Hall–Kier alpha value is -1.43. The second kappa shape index (κ2) is 6.99.